The fourth-order valence-electron chi connectivity index (χ4n) is 2.37. The van der Waals surface area contributed by atoms with E-state index >= 15 is 0 Å². The Morgan fingerprint density at radius 1 is 0.893 bits per heavy atom. The third kappa shape index (κ3) is 5.38. The molecule has 0 aliphatic carbocycles. The number of hydrogen-bond donors (Lipinski definition) is 2. The maximum Gasteiger partial charge on any atom is 0.276 e. The van der Waals surface area contributed by atoms with Crippen LogP contribution in [-0.4, -0.2) is 18.4 Å². The van der Waals surface area contributed by atoms with Crippen LogP contribution in [0.4, 0.5) is 0 Å². The summed E-state index contributed by atoms with van der Waals surface area (Å²) in [7, 11) is 0. The summed E-state index contributed by atoms with van der Waals surface area (Å²) in [5, 5.41) is 0. The molecule has 2 aromatic carbocycles. The standard InChI is InChI=1S/C21H20N2O5/c1-15-19(11-12-26-15)21(25)23-22-20(24)14-28-18-9-7-17(8-10-18)27-13-16-5-3-2-4-6-16/h2-12H,13-14H2,1H3,(H,22,24)(H,23,25). The summed E-state index contributed by atoms with van der Waals surface area (Å²) in [5.74, 6) is 0.735. The number of hydrazine groups is 1. The van der Waals surface area contributed by atoms with Crippen molar-refractivity contribution in [3.8, 4) is 11.5 Å². The van der Waals surface area contributed by atoms with Gasteiger partial charge in [0.05, 0.1) is 11.8 Å². The molecule has 0 aliphatic rings. The lowest BCUT2D eigenvalue weighted by atomic mass is 10.2. The van der Waals surface area contributed by atoms with Crippen LogP contribution in [0.2, 0.25) is 0 Å². The Morgan fingerprint density at radius 3 is 2.21 bits per heavy atom. The lowest BCUT2D eigenvalue weighted by Gasteiger charge is -2.10. The monoisotopic (exact) mass is 380 g/mol. The summed E-state index contributed by atoms with van der Waals surface area (Å²) in [5.41, 5.74) is 6.02. The molecule has 144 valence electrons. The molecule has 0 radical (unpaired) electrons. The number of ether oxygens (including phenoxy) is 2. The highest BCUT2D eigenvalue weighted by atomic mass is 16.5. The topological polar surface area (TPSA) is 89.8 Å². The van der Waals surface area contributed by atoms with Gasteiger partial charge >= 0.3 is 0 Å². The van der Waals surface area contributed by atoms with Gasteiger partial charge in [0.1, 0.15) is 23.9 Å². The van der Waals surface area contributed by atoms with Crippen LogP contribution < -0.4 is 20.3 Å². The van der Waals surface area contributed by atoms with E-state index in [0.29, 0.717) is 29.4 Å². The zero-order chi connectivity index (χ0) is 19.8. The smallest absolute Gasteiger partial charge is 0.276 e. The first-order chi connectivity index (χ1) is 13.6. The third-order valence-electron chi connectivity index (χ3n) is 3.86. The summed E-state index contributed by atoms with van der Waals surface area (Å²) >= 11 is 0. The van der Waals surface area contributed by atoms with Crippen LogP contribution in [0, 0.1) is 6.92 Å². The van der Waals surface area contributed by atoms with Crippen molar-refractivity contribution in [1.29, 1.82) is 0 Å². The molecule has 2 amide bonds. The minimum Gasteiger partial charge on any atom is -0.489 e. The number of furan rings is 1. The van der Waals surface area contributed by atoms with Crippen LogP contribution in [0.1, 0.15) is 21.7 Å². The summed E-state index contributed by atoms with van der Waals surface area (Å²) in [6.07, 6.45) is 1.41. The maximum absolute atomic E-state index is 11.9. The summed E-state index contributed by atoms with van der Waals surface area (Å²) in [6.45, 7) is 1.89. The van der Waals surface area contributed by atoms with E-state index in [0.717, 1.165) is 5.56 Å². The van der Waals surface area contributed by atoms with Crippen molar-refractivity contribution in [2.45, 2.75) is 13.5 Å². The molecule has 0 atom stereocenters. The maximum atomic E-state index is 11.9. The predicted molar refractivity (Wildman–Crippen MR) is 102 cm³/mol. The molecule has 0 saturated heterocycles. The number of nitrogens with one attached hydrogen (secondary N) is 2. The van der Waals surface area contributed by atoms with E-state index in [1.165, 1.54) is 12.3 Å². The zero-order valence-corrected chi connectivity index (χ0v) is 15.3. The van der Waals surface area contributed by atoms with Crippen molar-refractivity contribution in [3.63, 3.8) is 0 Å². The number of aryl methyl sites for hydroxylation is 1. The minimum atomic E-state index is -0.487. The van der Waals surface area contributed by atoms with Gasteiger partial charge in [-0.3, -0.25) is 20.4 Å². The molecule has 7 heteroatoms. The second kappa shape index (κ2) is 9.27. The van der Waals surface area contributed by atoms with Gasteiger partial charge in [-0.2, -0.15) is 0 Å². The van der Waals surface area contributed by atoms with E-state index in [2.05, 4.69) is 10.9 Å². The van der Waals surface area contributed by atoms with Crippen LogP contribution >= 0.6 is 0 Å². The minimum absolute atomic E-state index is 0.241. The Balaban J connectivity index is 1.40. The summed E-state index contributed by atoms with van der Waals surface area (Å²) < 4.78 is 16.1. The number of carbonyl (C=O) groups is 2. The average Bonchev–Trinajstić information content (AvgIpc) is 3.16. The van der Waals surface area contributed by atoms with Gasteiger partial charge in [0.2, 0.25) is 0 Å². The highest BCUT2D eigenvalue weighted by Crippen LogP contribution is 2.18. The van der Waals surface area contributed by atoms with Gasteiger partial charge in [0.15, 0.2) is 6.61 Å². The van der Waals surface area contributed by atoms with Crippen molar-refractivity contribution < 1.29 is 23.5 Å². The summed E-state index contributed by atoms with van der Waals surface area (Å²) in [4.78, 5) is 23.7. The van der Waals surface area contributed by atoms with Gasteiger partial charge in [-0.1, -0.05) is 30.3 Å². The van der Waals surface area contributed by atoms with Gasteiger partial charge < -0.3 is 13.9 Å². The van der Waals surface area contributed by atoms with Crippen molar-refractivity contribution in [2.24, 2.45) is 0 Å². The number of rotatable bonds is 7. The van der Waals surface area contributed by atoms with Crippen molar-refractivity contribution >= 4 is 11.8 Å². The normalized spacial score (nSPS) is 10.2. The number of amides is 2. The fraction of sp³-hybridized carbons (Fsp3) is 0.143. The summed E-state index contributed by atoms with van der Waals surface area (Å²) in [6, 6.07) is 18.3. The van der Waals surface area contributed by atoms with Crippen LogP contribution in [0.3, 0.4) is 0 Å². The van der Waals surface area contributed by atoms with Crippen LogP contribution in [0.15, 0.2) is 71.3 Å². The molecular weight excluding hydrogens is 360 g/mol. The van der Waals surface area contributed by atoms with E-state index in [4.69, 9.17) is 13.9 Å². The van der Waals surface area contributed by atoms with Crippen molar-refractivity contribution in [2.75, 3.05) is 6.61 Å². The fourth-order valence-corrected chi connectivity index (χ4v) is 2.37. The van der Waals surface area contributed by atoms with Gasteiger partial charge in [-0.05, 0) is 42.8 Å². The highest BCUT2D eigenvalue weighted by molar-refractivity contribution is 5.96. The molecule has 0 aliphatic heterocycles. The predicted octanol–water partition coefficient (Wildman–Crippen LogP) is 3.01. The average molecular weight is 380 g/mol. The van der Waals surface area contributed by atoms with Gasteiger partial charge in [-0.25, -0.2) is 0 Å². The molecule has 0 fully saturated rings. The Labute approximate surface area is 162 Å². The highest BCUT2D eigenvalue weighted by Gasteiger charge is 2.12. The molecule has 0 bridgehead atoms. The first kappa shape index (κ1) is 19.0. The van der Waals surface area contributed by atoms with E-state index in [-0.39, 0.29) is 6.61 Å². The quantitative estimate of drug-likeness (QED) is 0.615. The molecule has 0 spiro atoms. The number of benzene rings is 2. The lowest BCUT2D eigenvalue weighted by molar-refractivity contribution is -0.123. The van der Waals surface area contributed by atoms with Crippen LogP contribution in [-0.2, 0) is 11.4 Å². The largest absolute Gasteiger partial charge is 0.489 e. The Morgan fingerprint density at radius 2 is 1.57 bits per heavy atom. The zero-order valence-electron chi connectivity index (χ0n) is 15.3. The number of carbonyl (C=O) groups excluding carboxylic acids is 2. The molecule has 28 heavy (non-hydrogen) atoms. The Bertz CT molecular complexity index is 919. The van der Waals surface area contributed by atoms with E-state index < -0.39 is 11.8 Å². The molecular formula is C21H20N2O5. The molecule has 1 heterocycles. The molecule has 3 rings (SSSR count). The van der Waals surface area contributed by atoms with Crippen LogP contribution in [0.25, 0.3) is 0 Å². The molecule has 3 aromatic rings. The third-order valence-corrected chi connectivity index (χ3v) is 3.86. The SMILES string of the molecule is Cc1occc1C(=O)NNC(=O)COc1ccc(OCc2ccccc2)cc1. The molecule has 0 unspecified atom stereocenters. The van der Waals surface area contributed by atoms with E-state index in [1.807, 2.05) is 30.3 Å². The lowest BCUT2D eigenvalue weighted by Crippen LogP contribution is -2.43. The van der Waals surface area contributed by atoms with E-state index in [1.54, 1.807) is 31.2 Å². The Hall–Kier alpha value is -3.74. The Kier molecular flexibility index (Phi) is 6.30. The van der Waals surface area contributed by atoms with E-state index in [9.17, 15) is 9.59 Å². The van der Waals surface area contributed by atoms with Gasteiger partial charge in [-0.15, -0.1) is 0 Å². The number of hydrogen-bond acceptors (Lipinski definition) is 5. The van der Waals surface area contributed by atoms with Gasteiger partial charge in [0.25, 0.3) is 11.8 Å². The first-order valence-corrected chi connectivity index (χ1v) is 8.64. The van der Waals surface area contributed by atoms with Crippen LogP contribution in [0.5, 0.6) is 11.5 Å². The molecule has 0 saturated carbocycles. The second-order valence-corrected chi connectivity index (χ2v) is 5.93. The molecule has 2 N–H and O–H groups in total. The van der Waals surface area contributed by atoms with Crippen molar-refractivity contribution in [1.82, 2.24) is 10.9 Å². The van der Waals surface area contributed by atoms with Gasteiger partial charge in [0, 0.05) is 0 Å². The molecule has 7 nitrogen and oxygen atoms in total. The first-order valence-electron chi connectivity index (χ1n) is 8.64. The second-order valence-electron chi connectivity index (χ2n) is 5.93. The molecule has 1 aromatic heterocycles. The van der Waals surface area contributed by atoms with Crippen molar-refractivity contribution in [3.05, 3.63) is 83.8 Å².